The van der Waals surface area contributed by atoms with Crippen LogP contribution < -0.4 is 10.9 Å². The standard InChI is InChI=1S/C23H32OSSi2.C13H8OS/c1-26(2,3)15-13-17-9-7-11-19-21(17)23(24)22-18(14-16-27(4,5)6)10-8-12-20(22)25-19;14-13-9-5-1-3-7-11(9)15-12-8-4-2-6-10(12)13/h7-12H,13-16H2,1-6H3;1-8H. The molecule has 0 spiro atoms. The molecule has 2 aromatic heterocycles. The minimum Gasteiger partial charge on any atom is -0.289 e. The molecule has 0 unspecified atom stereocenters. The average Bonchev–Trinajstić information content (AvgIpc) is 2.94. The van der Waals surface area contributed by atoms with Crippen molar-refractivity contribution >= 4 is 79.2 Å². The van der Waals surface area contributed by atoms with Crippen molar-refractivity contribution in [3.63, 3.8) is 0 Å². The third-order valence-corrected chi connectivity index (χ3v) is 13.4. The lowest BCUT2D eigenvalue weighted by atomic mass is 10.0. The van der Waals surface area contributed by atoms with E-state index >= 15 is 0 Å². The summed E-state index contributed by atoms with van der Waals surface area (Å²) in [5.41, 5.74) is 2.90. The molecule has 0 N–H and O–H groups in total. The van der Waals surface area contributed by atoms with Crippen LogP contribution in [0.25, 0.3) is 40.3 Å². The van der Waals surface area contributed by atoms with E-state index in [1.165, 1.54) is 23.2 Å². The molecule has 42 heavy (non-hydrogen) atoms. The fraction of sp³-hybridized carbons (Fsp3) is 0.278. The molecule has 0 fully saturated rings. The highest BCUT2D eigenvalue weighted by atomic mass is 32.1. The van der Waals surface area contributed by atoms with E-state index in [0.717, 1.165) is 53.2 Å². The van der Waals surface area contributed by atoms with Crippen molar-refractivity contribution in [3.8, 4) is 0 Å². The maximum Gasteiger partial charge on any atom is 0.196 e. The lowest BCUT2D eigenvalue weighted by Gasteiger charge is -2.17. The van der Waals surface area contributed by atoms with Gasteiger partial charge in [-0.25, -0.2) is 0 Å². The molecule has 0 bridgehead atoms. The molecule has 0 aliphatic heterocycles. The molecule has 4 aromatic carbocycles. The van der Waals surface area contributed by atoms with Crippen molar-refractivity contribution in [2.45, 2.75) is 64.2 Å². The lowest BCUT2D eigenvalue weighted by molar-refractivity contribution is 1.10. The first-order valence-corrected chi connectivity index (χ1v) is 23.8. The van der Waals surface area contributed by atoms with E-state index in [1.54, 1.807) is 22.7 Å². The molecule has 0 aliphatic carbocycles. The van der Waals surface area contributed by atoms with Crippen molar-refractivity contribution < 1.29 is 0 Å². The van der Waals surface area contributed by atoms with Gasteiger partial charge in [-0.1, -0.05) is 99.9 Å². The van der Waals surface area contributed by atoms with Gasteiger partial charge in [-0.15, -0.1) is 22.7 Å². The number of fused-ring (bicyclic) bond motifs is 4. The van der Waals surface area contributed by atoms with Crippen LogP contribution in [0.4, 0.5) is 0 Å². The van der Waals surface area contributed by atoms with Gasteiger partial charge in [-0.05, 0) is 60.4 Å². The highest BCUT2D eigenvalue weighted by Crippen LogP contribution is 2.31. The molecule has 6 aromatic rings. The summed E-state index contributed by atoms with van der Waals surface area (Å²) in [4.78, 5) is 25.7. The Kier molecular flexibility index (Phi) is 9.00. The fourth-order valence-electron chi connectivity index (χ4n) is 5.27. The molecule has 0 atom stereocenters. The molecular weight excluding hydrogens is 585 g/mol. The van der Waals surface area contributed by atoms with Crippen LogP contribution in [0, 0.1) is 0 Å². The molecule has 2 heterocycles. The van der Waals surface area contributed by atoms with E-state index in [-0.39, 0.29) is 10.9 Å². The smallest absolute Gasteiger partial charge is 0.196 e. The van der Waals surface area contributed by atoms with Gasteiger partial charge in [0.25, 0.3) is 0 Å². The summed E-state index contributed by atoms with van der Waals surface area (Å²) in [5, 5.41) is 3.60. The summed E-state index contributed by atoms with van der Waals surface area (Å²) in [6.45, 7) is 14.4. The van der Waals surface area contributed by atoms with Gasteiger partial charge in [0.15, 0.2) is 10.9 Å². The van der Waals surface area contributed by atoms with Crippen LogP contribution in [0.5, 0.6) is 0 Å². The average molecular weight is 625 g/mol. The van der Waals surface area contributed by atoms with Gasteiger partial charge in [-0.3, -0.25) is 9.59 Å². The van der Waals surface area contributed by atoms with Crippen LogP contribution in [-0.2, 0) is 12.8 Å². The first-order valence-electron chi connectivity index (χ1n) is 14.8. The monoisotopic (exact) mass is 624 g/mol. The number of rotatable bonds is 6. The van der Waals surface area contributed by atoms with Crippen LogP contribution in [0.3, 0.4) is 0 Å². The maximum atomic E-state index is 13.6. The SMILES string of the molecule is C[Si](C)(C)CCc1cccc2sc3cccc(CC[Si](C)(C)C)c3c(=O)c12.O=c1c2ccccc2sc2ccccc12. The minimum absolute atomic E-state index is 0.139. The molecule has 6 heteroatoms. The van der Waals surface area contributed by atoms with Crippen LogP contribution in [-0.4, -0.2) is 16.1 Å². The van der Waals surface area contributed by atoms with Gasteiger partial charge in [0.05, 0.1) is 0 Å². The molecule has 0 saturated heterocycles. The molecular formula is C36H40O2S2Si2. The Morgan fingerprint density at radius 3 is 1.29 bits per heavy atom. The van der Waals surface area contributed by atoms with E-state index in [1.807, 2.05) is 48.5 Å². The first kappa shape index (κ1) is 30.5. The minimum atomic E-state index is -1.14. The second kappa shape index (κ2) is 12.4. The molecule has 216 valence electrons. The summed E-state index contributed by atoms with van der Waals surface area (Å²) >= 11 is 3.45. The van der Waals surface area contributed by atoms with Gasteiger partial charge in [0.2, 0.25) is 0 Å². The van der Waals surface area contributed by atoms with Gasteiger partial charge in [0, 0.05) is 56.5 Å². The highest BCUT2D eigenvalue weighted by Gasteiger charge is 2.18. The number of hydrogen-bond donors (Lipinski definition) is 0. The highest BCUT2D eigenvalue weighted by molar-refractivity contribution is 7.25. The number of aryl methyl sites for hydroxylation is 2. The van der Waals surface area contributed by atoms with Crippen LogP contribution >= 0.6 is 22.7 Å². The van der Waals surface area contributed by atoms with Crippen molar-refractivity contribution in [3.05, 3.63) is 117 Å². The third-order valence-electron chi connectivity index (χ3n) is 7.67. The number of hydrogen-bond acceptors (Lipinski definition) is 4. The van der Waals surface area contributed by atoms with Crippen molar-refractivity contribution in [2.24, 2.45) is 0 Å². The zero-order chi connectivity index (χ0) is 30.1. The predicted molar refractivity (Wildman–Crippen MR) is 195 cm³/mol. The van der Waals surface area contributed by atoms with Gasteiger partial charge in [0.1, 0.15) is 0 Å². The summed E-state index contributed by atoms with van der Waals surface area (Å²) in [7, 11) is -2.27. The first-order chi connectivity index (χ1) is 19.9. The van der Waals surface area contributed by atoms with Gasteiger partial charge < -0.3 is 0 Å². The Morgan fingerprint density at radius 2 is 0.857 bits per heavy atom. The zero-order valence-corrected chi connectivity index (χ0v) is 29.2. The normalized spacial score (nSPS) is 12.1. The quantitative estimate of drug-likeness (QED) is 0.136. The van der Waals surface area contributed by atoms with E-state index < -0.39 is 16.1 Å². The molecule has 0 aliphatic rings. The van der Waals surface area contributed by atoms with Gasteiger partial charge in [-0.2, -0.15) is 0 Å². The third kappa shape index (κ3) is 7.00. The van der Waals surface area contributed by atoms with Crippen LogP contribution in [0.15, 0.2) is 94.5 Å². The van der Waals surface area contributed by atoms with Gasteiger partial charge >= 0.3 is 0 Å². The maximum absolute atomic E-state index is 13.6. The molecule has 2 nitrogen and oxygen atoms in total. The number of benzene rings is 4. The molecule has 0 radical (unpaired) electrons. The van der Waals surface area contributed by atoms with E-state index in [0.29, 0.717) is 0 Å². The summed E-state index contributed by atoms with van der Waals surface area (Å²) in [5.74, 6) is 0. The Bertz CT molecular complexity index is 1870. The summed E-state index contributed by atoms with van der Waals surface area (Å²) in [6, 6.07) is 30.8. The Balaban J connectivity index is 0.000000196. The Labute approximate surface area is 258 Å². The summed E-state index contributed by atoms with van der Waals surface area (Å²) < 4.78 is 4.40. The second-order valence-electron chi connectivity index (χ2n) is 13.6. The van der Waals surface area contributed by atoms with Crippen molar-refractivity contribution in [2.75, 3.05) is 0 Å². The van der Waals surface area contributed by atoms with Crippen molar-refractivity contribution in [1.29, 1.82) is 0 Å². The lowest BCUT2D eigenvalue weighted by Crippen LogP contribution is -2.21. The summed E-state index contributed by atoms with van der Waals surface area (Å²) in [6.07, 6.45) is 2.05. The fourth-order valence-corrected chi connectivity index (χ4v) is 9.56. The second-order valence-corrected chi connectivity index (χ2v) is 27.0. The van der Waals surface area contributed by atoms with E-state index in [4.69, 9.17) is 0 Å². The van der Waals surface area contributed by atoms with Crippen LogP contribution in [0.1, 0.15) is 11.1 Å². The molecule has 0 amide bonds. The Hall–Kier alpha value is -2.91. The zero-order valence-electron chi connectivity index (χ0n) is 25.5. The topological polar surface area (TPSA) is 34.1 Å². The molecule has 0 saturated carbocycles. The predicted octanol–water partition coefficient (Wildman–Crippen LogP) is 10.6. The Morgan fingerprint density at radius 1 is 0.476 bits per heavy atom. The largest absolute Gasteiger partial charge is 0.289 e. The van der Waals surface area contributed by atoms with E-state index in [2.05, 4.69) is 75.7 Å². The van der Waals surface area contributed by atoms with Crippen molar-refractivity contribution in [1.82, 2.24) is 0 Å². The van der Waals surface area contributed by atoms with E-state index in [9.17, 15) is 9.59 Å². The molecule has 6 rings (SSSR count). The van der Waals surface area contributed by atoms with Crippen LogP contribution in [0.2, 0.25) is 51.4 Å².